The quantitative estimate of drug-likeness (QED) is 0.0123. The van der Waals surface area contributed by atoms with Gasteiger partial charge in [0.1, 0.15) is 48.0 Å². The van der Waals surface area contributed by atoms with Gasteiger partial charge in [0, 0.05) is 123 Å². The van der Waals surface area contributed by atoms with Crippen LogP contribution in [0, 0.1) is 0 Å². The van der Waals surface area contributed by atoms with Crippen LogP contribution in [-0.2, 0) is 91.2 Å². The maximum absolute atomic E-state index is 15.0. The summed E-state index contributed by atoms with van der Waals surface area (Å²) in [6.45, 7) is -1.47. The van der Waals surface area contributed by atoms with E-state index in [-0.39, 0.29) is 142 Å². The van der Waals surface area contributed by atoms with Crippen molar-refractivity contribution in [2.24, 2.45) is 0 Å². The molecule has 3 unspecified atom stereocenters. The van der Waals surface area contributed by atoms with E-state index in [1.165, 1.54) is 43.9 Å². The number of nitrogens with two attached hydrogens (primary N) is 1. The third kappa shape index (κ3) is 36.9. The second-order valence-corrected chi connectivity index (χ2v) is 28.1. The Labute approximate surface area is 671 Å². The number of aliphatic hydroxyl groups excluding tert-OH is 1. The third-order valence-electron chi connectivity index (χ3n) is 19.0. The maximum atomic E-state index is 15.0. The van der Waals surface area contributed by atoms with Crippen LogP contribution in [0.15, 0.2) is 91.0 Å². The number of aliphatic hydroxyl groups is 2. The Morgan fingerprint density at radius 3 is 1.25 bits per heavy atom. The highest BCUT2D eigenvalue weighted by Gasteiger charge is 2.35. The molecular weight excluding hydrogens is 1540 g/mol. The highest BCUT2D eigenvalue weighted by molar-refractivity contribution is 5.95. The normalized spacial score (nSPS) is 15.2. The summed E-state index contributed by atoms with van der Waals surface area (Å²) in [4.78, 5) is 210. The standard InChI is InChI=1S/C76H104N14O27/c77-50-16-11-45(12-17-50)39-56(81-63(95)24-22-59(75(115)116)90-36-34-88(43-66(100)101)32-30-87(42-65(98)99)31-33-89(35-37-90)44-67(102)103)68(104)83-57(40-46-13-18-51(91)19-14-46)70(106)84-58(41-47-10-15-48-6-1-2-7-49(48)38-47)69(105)82-53(72(109)110)8-3-4-28-78-60(92)25-26-61(93)79-29-5-9-52(71(107)108)80-62(94)23-20-54(73(111)112)85-76(117)86-55(74(113)114)21-27-64(96)97/h1-2,6-7,10-19,38,52-59,72,91,109-110H,3-5,8-9,20-37,39-44,77H2,(H,78,92)(H,79,93)(H,80,94)(H,81,95)(H,82,105)(H,83,104)(H,84,106)(H,96,97)(H,98,99)(H,100,101)(H,102,103)(H,107,108)(H,111,112)(H,113,114)(H,115,116)(H2,85,86,117)/t52?,53-,54+,55+,56?,57-,58-,59?/m1/s1. The first-order valence-electron chi connectivity index (χ1n) is 37.8. The SMILES string of the molecule is Nc1ccc(CC(NC(=O)CCC(C(=O)O)N2CCN(CC(=O)O)CCN(CC(=O)O)CCN(CC(=O)O)CC2)C(=O)N[C@H](Cc2ccc(O)cc2)C(=O)N[C@H](Cc2ccc3ccccc3c2)C(=O)N[C@H](CCCCNC(=O)CCC(=O)NCCCC(NC(=O)CC[C@H](NC(=O)N[C@@H](CCC(=O)O)C(=O)O)C(=O)O)C(=O)O)C(O)O)cc1. The number of carboxylic acid groups (broad SMARTS) is 8. The van der Waals surface area contributed by atoms with E-state index in [1.807, 2.05) is 28.8 Å². The zero-order valence-electron chi connectivity index (χ0n) is 64.2. The Kier molecular flexibility index (Phi) is 40.4. The van der Waals surface area contributed by atoms with Crippen molar-refractivity contribution in [2.45, 2.75) is 157 Å². The molecule has 41 nitrogen and oxygen atoms in total. The molecule has 0 aliphatic carbocycles. The summed E-state index contributed by atoms with van der Waals surface area (Å²) in [5.74, 6) is -16.8. The molecule has 1 saturated heterocycles. The van der Waals surface area contributed by atoms with Gasteiger partial charge in [0.15, 0.2) is 6.29 Å². The Hall–Kier alpha value is -12.2. The molecule has 1 aliphatic heterocycles. The Bertz CT molecular complexity index is 4030. The maximum Gasteiger partial charge on any atom is 0.326 e. The zero-order valence-corrected chi connectivity index (χ0v) is 64.2. The number of rotatable bonds is 49. The molecule has 41 heteroatoms. The summed E-state index contributed by atoms with van der Waals surface area (Å²) < 4.78 is 0. The molecule has 4 aromatic carbocycles. The van der Waals surface area contributed by atoms with Crippen LogP contribution >= 0.6 is 0 Å². The topological polar surface area (TPSA) is 643 Å². The molecule has 117 heavy (non-hydrogen) atoms. The van der Waals surface area contributed by atoms with E-state index in [0.717, 1.165) is 10.8 Å². The Morgan fingerprint density at radius 2 is 0.778 bits per heavy atom. The molecule has 0 bridgehead atoms. The van der Waals surface area contributed by atoms with Crippen molar-refractivity contribution < 1.29 is 133 Å². The summed E-state index contributed by atoms with van der Waals surface area (Å²) in [5, 5.41) is 132. The van der Waals surface area contributed by atoms with Crippen molar-refractivity contribution in [3.63, 3.8) is 0 Å². The van der Waals surface area contributed by atoms with Crippen molar-refractivity contribution in [3.8, 4) is 5.75 Å². The number of nitrogen functional groups attached to an aromatic ring is 1. The highest BCUT2D eigenvalue weighted by atomic mass is 16.5. The number of carbonyl (C=O) groups excluding carboxylic acids is 8. The molecule has 22 N–H and O–H groups in total. The van der Waals surface area contributed by atoms with Crippen LogP contribution in [0.25, 0.3) is 10.8 Å². The van der Waals surface area contributed by atoms with E-state index in [4.69, 9.17) is 10.8 Å². The van der Waals surface area contributed by atoms with Gasteiger partial charge < -0.3 is 110 Å². The van der Waals surface area contributed by atoms with Crippen molar-refractivity contribution >= 4 is 112 Å². The number of benzene rings is 4. The number of hydrogen-bond donors (Lipinski definition) is 21. The molecular formula is C76H104N14O27. The fourth-order valence-electron chi connectivity index (χ4n) is 12.6. The van der Waals surface area contributed by atoms with E-state index < -0.39 is 201 Å². The average Bonchev–Trinajstić information content (AvgIpc) is 0.826. The van der Waals surface area contributed by atoms with Crippen molar-refractivity contribution in [3.05, 3.63) is 108 Å². The number of carboxylic acids is 8. The van der Waals surface area contributed by atoms with Crippen LogP contribution in [0.1, 0.15) is 100 Å². The number of anilines is 1. The molecule has 0 aromatic heterocycles. The molecule has 640 valence electrons. The van der Waals surface area contributed by atoms with Crippen molar-refractivity contribution in [1.82, 2.24) is 67.5 Å². The smallest absolute Gasteiger partial charge is 0.326 e. The number of aliphatic carboxylic acids is 8. The first-order valence-corrected chi connectivity index (χ1v) is 37.8. The third-order valence-corrected chi connectivity index (χ3v) is 19.0. The molecule has 0 radical (unpaired) electrons. The van der Waals surface area contributed by atoms with Gasteiger partial charge in [0.25, 0.3) is 0 Å². The number of phenols is 1. The lowest BCUT2D eigenvalue weighted by molar-refractivity contribution is -0.145. The number of urea groups is 1. The lowest BCUT2D eigenvalue weighted by Crippen LogP contribution is -2.59. The number of hydrogen-bond acceptors (Lipinski definition) is 24. The fraction of sp³-hybridized carbons (Fsp3) is 0.500. The number of unbranched alkanes of at least 4 members (excludes halogenated alkanes) is 1. The molecule has 1 aliphatic rings. The van der Waals surface area contributed by atoms with Crippen LogP contribution in [0.5, 0.6) is 5.75 Å². The fourth-order valence-corrected chi connectivity index (χ4v) is 12.6. The van der Waals surface area contributed by atoms with E-state index in [1.54, 1.807) is 48.5 Å². The predicted molar refractivity (Wildman–Crippen MR) is 413 cm³/mol. The first kappa shape index (κ1) is 95.4. The van der Waals surface area contributed by atoms with E-state index in [2.05, 4.69) is 37.2 Å². The van der Waals surface area contributed by atoms with E-state index in [0.29, 0.717) is 22.4 Å². The molecule has 9 amide bonds. The van der Waals surface area contributed by atoms with Gasteiger partial charge in [-0.15, -0.1) is 0 Å². The monoisotopic (exact) mass is 1640 g/mol. The molecule has 5 rings (SSSR count). The summed E-state index contributed by atoms with van der Waals surface area (Å²) in [7, 11) is 0. The Morgan fingerprint density at radius 1 is 0.368 bits per heavy atom. The minimum absolute atomic E-state index is 0.00625. The van der Waals surface area contributed by atoms with Crippen molar-refractivity contribution in [2.75, 3.05) is 90.8 Å². The second-order valence-electron chi connectivity index (χ2n) is 28.1. The Balaban J connectivity index is 1.23. The van der Waals surface area contributed by atoms with E-state index >= 15 is 4.79 Å². The molecule has 8 atom stereocenters. The molecule has 1 heterocycles. The minimum Gasteiger partial charge on any atom is -0.508 e. The number of fused-ring (bicyclic) bond motifs is 1. The van der Waals surface area contributed by atoms with Gasteiger partial charge in [0.05, 0.1) is 25.7 Å². The number of aromatic hydroxyl groups is 1. The van der Waals surface area contributed by atoms with Crippen LogP contribution in [-0.4, -0.2) is 311 Å². The van der Waals surface area contributed by atoms with Gasteiger partial charge >= 0.3 is 53.8 Å². The van der Waals surface area contributed by atoms with Gasteiger partial charge in [0.2, 0.25) is 41.4 Å². The number of phenolic OH excluding ortho intramolecular Hbond substituents is 1. The number of carbonyl (C=O) groups is 16. The summed E-state index contributed by atoms with van der Waals surface area (Å²) in [5.41, 5.74) is 7.75. The largest absolute Gasteiger partial charge is 0.508 e. The molecule has 1 fully saturated rings. The zero-order chi connectivity index (χ0) is 86.3. The predicted octanol–water partition coefficient (Wildman–Crippen LogP) is -2.50. The number of nitrogens with one attached hydrogen (secondary N) is 9. The van der Waals surface area contributed by atoms with Crippen molar-refractivity contribution in [1.29, 1.82) is 0 Å². The lowest BCUT2D eigenvalue weighted by atomic mass is 9.99. The van der Waals surface area contributed by atoms with Gasteiger partial charge in [-0.05, 0) is 103 Å². The number of amides is 9. The highest BCUT2D eigenvalue weighted by Crippen LogP contribution is 2.20. The average molecular weight is 1650 g/mol. The lowest BCUT2D eigenvalue weighted by Gasteiger charge is -2.35. The van der Waals surface area contributed by atoms with Gasteiger partial charge in [-0.3, -0.25) is 77.1 Å². The minimum atomic E-state index is -2.17. The van der Waals surface area contributed by atoms with Gasteiger partial charge in [-0.2, -0.15) is 0 Å². The summed E-state index contributed by atoms with van der Waals surface area (Å²) in [6.07, 6.45) is -6.68. The second kappa shape index (κ2) is 49.6. The van der Waals surface area contributed by atoms with Crippen LogP contribution in [0.2, 0.25) is 0 Å². The summed E-state index contributed by atoms with van der Waals surface area (Å²) in [6, 6.07) is 10.8. The van der Waals surface area contributed by atoms with Gasteiger partial charge in [-0.1, -0.05) is 66.7 Å². The van der Waals surface area contributed by atoms with Gasteiger partial charge in [-0.25, -0.2) is 19.2 Å². The van der Waals surface area contributed by atoms with E-state index in [9.17, 15) is 123 Å². The molecule has 0 spiro atoms. The van der Waals surface area contributed by atoms with Crippen LogP contribution in [0.4, 0.5) is 10.5 Å². The number of nitrogens with zero attached hydrogens (tertiary/aromatic N) is 4. The van der Waals surface area contributed by atoms with Crippen LogP contribution in [0.3, 0.4) is 0 Å². The first-order chi connectivity index (χ1) is 55.5. The summed E-state index contributed by atoms with van der Waals surface area (Å²) >= 11 is 0. The van der Waals surface area contributed by atoms with Crippen LogP contribution < -0.4 is 53.6 Å². The molecule has 0 saturated carbocycles. The molecule has 4 aromatic rings.